The largest absolute Gasteiger partial charge is 0.497 e. The highest BCUT2D eigenvalue weighted by Gasteiger charge is 2.35. The van der Waals surface area contributed by atoms with Gasteiger partial charge in [-0.05, 0) is 43.2 Å². The van der Waals surface area contributed by atoms with E-state index in [2.05, 4.69) is 5.32 Å². The molecular weight excluding hydrogens is 451 g/mol. The van der Waals surface area contributed by atoms with Gasteiger partial charge in [-0.15, -0.1) is 0 Å². The van der Waals surface area contributed by atoms with Crippen molar-refractivity contribution in [3.05, 3.63) is 46.4 Å². The van der Waals surface area contributed by atoms with Crippen molar-refractivity contribution in [3.63, 3.8) is 0 Å². The Morgan fingerprint density at radius 1 is 1.10 bits per heavy atom. The number of ether oxygens (including phenoxy) is 2. The number of carbonyl (C=O) groups excluding carboxylic acids is 1. The minimum Gasteiger partial charge on any atom is -0.497 e. The molecule has 30 heavy (non-hydrogen) atoms. The van der Waals surface area contributed by atoms with Crippen LogP contribution in [-0.2, 0) is 14.8 Å². The summed E-state index contributed by atoms with van der Waals surface area (Å²) in [5.41, 5.74) is 0.504. The summed E-state index contributed by atoms with van der Waals surface area (Å²) < 4.78 is 38.2. The number of nitrogens with zero attached hydrogens (tertiary/aromatic N) is 1. The molecule has 3 rings (SSSR count). The molecule has 0 unspecified atom stereocenters. The van der Waals surface area contributed by atoms with Crippen LogP contribution in [0.25, 0.3) is 0 Å². The van der Waals surface area contributed by atoms with Crippen LogP contribution in [0.1, 0.15) is 12.8 Å². The number of carbonyl (C=O) groups is 1. The predicted octanol–water partition coefficient (Wildman–Crippen LogP) is 4.05. The number of nitrogens with one attached hydrogen (secondary N) is 1. The van der Waals surface area contributed by atoms with Crippen molar-refractivity contribution < 1.29 is 22.7 Å². The summed E-state index contributed by atoms with van der Waals surface area (Å²) in [5.74, 6) is -0.149. The van der Waals surface area contributed by atoms with Gasteiger partial charge in [0.25, 0.3) is 0 Å². The van der Waals surface area contributed by atoms with E-state index in [1.165, 1.54) is 24.6 Å². The van der Waals surface area contributed by atoms with Crippen molar-refractivity contribution in [1.29, 1.82) is 0 Å². The van der Waals surface area contributed by atoms with Crippen molar-refractivity contribution in [3.8, 4) is 11.5 Å². The number of hydrogen-bond donors (Lipinski definition) is 1. The first kappa shape index (κ1) is 22.7. The molecule has 1 aliphatic heterocycles. The van der Waals surface area contributed by atoms with Gasteiger partial charge in [0.2, 0.25) is 15.9 Å². The summed E-state index contributed by atoms with van der Waals surface area (Å²) in [6, 6.07) is 9.39. The number of benzene rings is 2. The van der Waals surface area contributed by atoms with Gasteiger partial charge in [0.05, 0.1) is 30.2 Å². The molecule has 0 aromatic heterocycles. The highest BCUT2D eigenvalue weighted by atomic mass is 35.5. The van der Waals surface area contributed by atoms with Gasteiger partial charge in [-0.3, -0.25) is 4.79 Å². The topological polar surface area (TPSA) is 84.9 Å². The van der Waals surface area contributed by atoms with Crippen molar-refractivity contribution in [2.45, 2.75) is 17.7 Å². The Bertz CT molecular complexity index is 1050. The molecule has 1 aliphatic rings. The van der Waals surface area contributed by atoms with Crippen LogP contribution < -0.4 is 14.8 Å². The fourth-order valence-corrected chi connectivity index (χ4v) is 5.31. The first-order valence-electron chi connectivity index (χ1n) is 9.24. The van der Waals surface area contributed by atoms with Crippen LogP contribution in [0, 0.1) is 5.92 Å². The number of piperidine rings is 1. The Kier molecular flexibility index (Phi) is 7.13. The third-order valence-electron chi connectivity index (χ3n) is 4.93. The number of halogens is 2. The van der Waals surface area contributed by atoms with Gasteiger partial charge in [-0.1, -0.05) is 23.2 Å². The second kappa shape index (κ2) is 9.43. The summed E-state index contributed by atoms with van der Waals surface area (Å²) >= 11 is 11.9. The Labute approximate surface area is 185 Å². The monoisotopic (exact) mass is 472 g/mol. The molecule has 1 fully saturated rings. The Hall–Kier alpha value is -2.00. The van der Waals surface area contributed by atoms with Crippen LogP contribution >= 0.6 is 23.2 Å². The minimum absolute atomic E-state index is 0.00916. The van der Waals surface area contributed by atoms with Crippen LogP contribution in [-0.4, -0.2) is 45.9 Å². The van der Waals surface area contributed by atoms with Crippen LogP contribution in [0.3, 0.4) is 0 Å². The molecule has 10 heteroatoms. The molecule has 1 heterocycles. The fraction of sp³-hybridized carbons (Fsp3) is 0.350. The molecule has 0 aliphatic carbocycles. The molecule has 162 valence electrons. The van der Waals surface area contributed by atoms with E-state index in [1.54, 1.807) is 30.3 Å². The second-order valence-electron chi connectivity index (χ2n) is 6.84. The van der Waals surface area contributed by atoms with Crippen LogP contribution in [0.5, 0.6) is 11.5 Å². The third-order valence-corrected chi connectivity index (χ3v) is 7.56. The molecule has 0 saturated carbocycles. The molecule has 2 aromatic rings. The fourth-order valence-electron chi connectivity index (χ4n) is 3.32. The molecule has 1 saturated heterocycles. The Balaban J connectivity index is 1.79. The van der Waals surface area contributed by atoms with Gasteiger partial charge >= 0.3 is 0 Å². The molecule has 0 bridgehead atoms. The number of methoxy groups -OCH3 is 2. The van der Waals surface area contributed by atoms with Crippen molar-refractivity contribution in [1.82, 2.24) is 4.31 Å². The number of anilines is 1. The average molecular weight is 473 g/mol. The lowest BCUT2D eigenvalue weighted by atomic mass is 9.99. The second-order valence-corrected chi connectivity index (χ2v) is 9.56. The van der Waals surface area contributed by atoms with E-state index in [0.717, 1.165) is 0 Å². The Morgan fingerprint density at radius 2 is 1.87 bits per heavy atom. The van der Waals surface area contributed by atoms with E-state index in [1.807, 2.05) is 0 Å². The van der Waals surface area contributed by atoms with Gasteiger partial charge in [-0.25, -0.2) is 8.42 Å². The average Bonchev–Trinajstić information content (AvgIpc) is 2.75. The lowest BCUT2D eigenvalue weighted by Gasteiger charge is -2.31. The number of amides is 1. The molecule has 1 atom stereocenters. The van der Waals surface area contributed by atoms with Crippen LogP contribution in [0.15, 0.2) is 41.3 Å². The van der Waals surface area contributed by atoms with Gasteiger partial charge in [0.1, 0.15) is 16.4 Å². The third kappa shape index (κ3) is 4.83. The lowest BCUT2D eigenvalue weighted by Crippen LogP contribution is -2.43. The Morgan fingerprint density at radius 3 is 2.53 bits per heavy atom. The summed E-state index contributed by atoms with van der Waals surface area (Å²) in [6.07, 6.45) is 1.14. The summed E-state index contributed by atoms with van der Waals surface area (Å²) in [4.78, 5) is 12.8. The maximum absolute atomic E-state index is 13.3. The van der Waals surface area contributed by atoms with Crippen LogP contribution in [0.2, 0.25) is 10.0 Å². The van der Waals surface area contributed by atoms with E-state index in [-0.39, 0.29) is 23.1 Å². The highest BCUT2D eigenvalue weighted by Crippen LogP contribution is 2.33. The molecule has 7 nitrogen and oxygen atoms in total. The summed E-state index contributed by atoms with van der Waals surface area (Å²) in [5, 5.41) is 3.50. The van der Waals surface area contributed by atoms with E-state index >= 15 is 0 Å². The number of hydrogen-bond acceptors (Lipinski definition) is 5. The molecule has 1 N–H and O–H groups in total. The molecule has 0 spiro atoms. The van der Waals surface area contributed by atoms with E-state index in [0.29, 0.717) is 40.9 Å². The van der Waals surface area contributed by atoms with E-state index < -0.39 is 15.9 Å². The zero-order chi connectivity index (χ0) is 21.9. The zero-order valence-corrected chi connectivity index (χ0v) is 18.9. The summed E-state index contributed by atoms with van der Waals surface area (Å²) in [7, 11) is -1.01. The first-order chi connectivity index (χ1) is 14.3. The molecule has 2 aromatic carbocycles. The van der Waals surface area contributed by atoms with E-state index in [4.69, 9.17) is 32.7 Å². The number of rotatable bonds is 6. The first-order valence-corrected chi connectivity index (χ1v) is 11.4. The smallest absolute Gasteiger partial charge is 0.246 e. The predicted molar refractivity (Wildman–Crippen MR) is 116 cm³/mol. The zero-order valence-electron chi connectivity index (χ0n) is 16.5. The maximum atomic E-state index is 13.3. The van der Waals surface area contributed by atoms with Crippen molar-refractivity contribution >= 4 is 44.8 Å². The van der Waals surface area contributed by atoms with Crippen molar-refractivity contribution in [2.24, 2.45) is 5.92 Å². The quantitative estimate of drug-likeness (QED) is 0.685. The lowest BCUT2D eigenvalue weighted by molar-refractivity contribution is -0.120. The minimum atomic E-state index is -3.88. The van der Waals surface area contributed by atoms with Crippen LogP contribution in [0.4, 0.5) is 5.69 Å². The SMILES string of the molecule is COc1ccc(OC)c(S(=O)(=O)N2CCC[C@H](C(=O)Nc3ccc(Cl)c(Cl)c3)C2)c1. The van der Waals surface area contributed by atoms with Gasteiger partial charge in [0, 0.05) is 24.8 Å². The van der Waals surface area contributed by atoms with Gasteiger partial charge < -0.3 is 14.8 Å². The molecule has 0 radical (unpaired) electrons. The standard InChI is InChI=1S/C20H22Cl2N2O5S/c1-28-15-6-8-18(29-2)19(11-15)30(26,27)24-9-3-4-13(12-24)20(25)23-14-5-7-16(21)17(22)10-14/h5-8,10-11,13H,3-4,9,12H2,1-2H3,(H,23,25)/t13-/m0/s1. The molecule has 1 amide bonds. The summed E-state index contributed by atoms with van der Waals surface area (Å²) in [6.45, 7) is 0.384. The molecular formula is C20H22Cl2N2O5S. The maximum Gasteiger partial charge on any atom is 0.246 e. The number of sulfonamides is 1. The van der Waals surface area contributed by atoms with Crippen molar-refractivity contribution in [2.75, 3.05) is 32.6 Å². The van der Waals surface area contributed by atoms with E-state index in [9.17, 15) is 13.2 Å². The van der Waals surface area contributed by atoms with Gasteiger partial charge in [0.15, 0.2) is 0 Å². The normalized spacial score (nSPS) is 17.4. The highest BCUT2D eigenvalue weighted by molar-refractivity contribution is 7.89. The van der Waals surface area contributed by atoms with Gasteiger partial charge in [-0.2, -0.15) is 4.31 Å².